The summed E-state index contributed by atoms with van der Waals surface area (Å²) in [5, 5.41) is 26.3. The summed E-state index contributed by atoms with van der Waals surface area (Å²) in [5.74, 6) is -1.01. The summed E-state index contributed by atoms with van der Waals surface area (Å²) in [7, 11) is -3.48. The number of nitrogens with one attached hydrogen (secondary N) is 3. The highest BCUT2D eigenvalue weighted by molar-refractivity contribution is 7.54. The fourth-order valence-electron chi connectivity index (χ4n) is 3.46. The molecule has 0 heterocycles. The topological polar surface area (TPSA) is 163 Å². The van der Waals surface area contributed by atoms with Crippen LogP contribution < -0.4 is 16.0 Å². The zero-order valence-corrected chi connectivity index (χ0v) is 21.5. The van der Waals surface area contributed by atoms with Gasteiger partial charge in [-0.25, -0.2) is 4.79 Å². The second-order valence-corrected chi connectivity index (χ2v) is 10.1. The highest BCUT2D eigenvalue weighted by Gasteiger charge is 2.27. The minimum Gasteiger partial charge on any atom is -0.465 e. The molecule has 2 atom stereocenters. The van der Waals surface area contributed by atoms with Crippen molar-refractivity contribution in [1.82, 2.24) is 16.0 Å². The highest BCUT2D eigenvalue weighted by atomic mass is 31.2. The van der Waals surface area contributed by atoms with Crippen molar-refractivity contribution in [1.29, 1.82) is 0 Å². The van der Waals surface area contributed by atoms with Gasteiger partial charge in [-0.05, 0) is 52.0 Å². The molecule has 0 bridgehead atoms. The van der Waals surface area contributed by atoms with E-state index in [9.17, 15) is 24.1 Å². The van der Waals surface area contributed by atoms with E-state index in [1.54, 1.807) is 13.8 Å². The molecule has 198 valence electrons. The predicted molar refractivity (Wildman–Crippen MR) is 131 cm³/mol. The first-order valence-corrected chi connectivity index (χ1v) is 13.5. The van der Waals surface area contributed by atoms with Gasteiger partial charge in [0, 0.05) is 6.54 Å². The van der Waals surface area contributed by atoms with Crippen molar-refractivity contribution in [2.24, 2.45) is 0 Å². The highest BCUT2D eigenvalue weighted by Crippen LogP contribution is 2.47. The molecule has 35 heavy (non-hydrogen) atoms. The van der Waals surface area contributed by atoms with Gasteiger partial charge < -0.3 is 35.2 Å². The van der Waals surface area contributed by atoms with Crippen LogP contribution in [0.15, 0.2) is 24.3 Å². The third kappa shape index (κ3) is 12.7. The molecule has 0 aromatic heterocycles. The van der Waals surface area contributed by atoms with Crippen LogP contribution in [0.5, 0.6) is 0 Å². The van der Waals surface area contributed by atoms with Crippen molar-refractivity contribution < 1.29 is 38.2 Å². The summed E-state index contributed by atoms with van der Waals surface area (Å²) >= 11 is 0. The van der Waals surface area contributed by atoms with Gasteiger partial charge in [0.25, 0.3) is 0 Å². The Morgan fingerprint density at radius 3 is 2.34 bits per heavy atom. The van der Waals surface area contributed by atoms with Crippen LogP contribution in [-0.4, -0.2) is 72.7 Å². The van der Waals surface area contributed by atoms with Crippen LogP contribution >= 0.6 is 7.60 Å². The van der Waals surface area contributed by atoms with Gasteiger partial charge in [0.2, 0.25) is 11.8 Å². The van der Waals surface area contributed by atoms with Gasteiger partial charge in [-0.1, -0.05) is 29.8 Å². The second kappa shape index (κ2) is 16.3. The summed E-state index contributed by atoms with van der Waals surface area (Å²) in [5.41, 5.74) is 2.00. The average Bonchev–Trinajstić information content (AvgIpc) is 2.77. The first-order valence-electron chi connectivity index (χ1n) is 11.7. The first kappa shape index (κ1) is 30.6. The number of amides is 3. The largest absolute Gasteiger partial charge is 0.465 e. The van der Waals surface area contributed by atoms with Crippen molar-refractivity contribution in [3.05, 3.63) is 35.4 Å². The Bertz CT molecular complexity index is 857. The van der Waals surface area contributed by atoms with Gasteiger partial charge in [0.15, 0.2) is 0 Å². The lowest BCUT2D eigenvalue weighted by molar-refractivity contribution is -0.124. The smallest absolute Gasteiger partial charge is 0.405 e. The van der Waals surface area contributed by atoms with E-state index in [-0.39, 0.29) is 38.9 Å². The normalized spacial score (nSPS) is 13.0. The molecule has 11 nitrogen and oxygen atoms in total. The van der Waals surface area contributed by atoms with Crippen LogP contribution in [0.2, 0.25) is 0 Å². The van der Waals surface area contributed by atoms with Crippen molar-refractivity contribution in [3.63, 3.8) is 0 Å². The van der Waals surface area contributed by atoms with Crippen molar-refractivity contribution in [2.75, 3.05) is 32.5 Å². The Hall–Kier alpha value is -2.46. The molecule has 1 aromatic carbocycles. The molecular formula is C23H38N3O8P. The standard InChI is InChI=1S/C23H38N3O8P/c1-4-33-35(32,34-5-2)16-21(28)24-12-7-6-11-20(26-23(30)31)22(29)25-19(15-27)14-18-10-8-9-17(3)13-18/h8-10,13,19-20,26-27H,4-7,11-12,14-16H2,1-3H3,(H,24,28)(H,25,29)(H,30,31)/t19-,20?/m0/s1. The molecule has 0 spiro atoms. The number of rotatable bonds is 17. The lowest BCUT2D eigenvalue weighted by atomic mass is 10.0. The number of benzene rings is 1. The monoisotopic (exact) mass is 515 g/mol. The number of carbonyl (C=O) groups is 3. The third-order valence-corrected chi connectivity index (χ3v) is 6.95. The fraction of sp³-hybridized carbons (Fsp3) is 0.609. The average molecular weight is 516 g/mol. The molecule has 12 heteroatoms. The van der Waals surface area contributed by atoms with E-state index in [0.29, 0.717) is 19.3 Å². The Balaban J connectivity index is 2.53. The molecule has 0 aliphatic rings. The van der Waals surface area contributed by atoms with Gasteiger partial charge in [0.05, 0.1) is 25.9 Å². The summed E-state index contributed by atoms with van der Waals surface area (Å²) in [6, 6.07) is 6.12. The summed E-state index contributed by atoms with van der Waals surface area (Å²) in [4.78, 5) is 35.9. The van der Waals surface area contributed by atoms with Gasteiger partial charge in [0.1, 0.15) is 12.2 Å². The molecular weight excluding hydrogens is 477 g/mol. The van der Waals surface area contributed by atoms with Crippen LogP contribution in [-0.2, 0) is 29.6 Å². The maximum Gasteiger partial charge on any atom is 0.405 e. The molecule has 0 radical (unpaired) electrons. The van der Waals surface area contributed by atoms with Crippen LogP contribution in [0.4, 0.5) is 4.79 Å². The Labute approximate surface area is 206 Å². The number of aliphatic hydroxyl groups excluding tert-OH is 1. The molecule has 0 fully saturated rings. The molecule has 3 amide bonds. The molecule has 0 saturated carbocycles. The number of aryl methyl sites for hydroxylation is 1. The first-order chi connectivity index (χ1) is 16.6. The zero-order chi connectivity index (χ0) is 26.3. The summed E-state index contributed by atoms with van der Waals surface area (Å²) in [6.07, 6.45) is -0.202. The number of hydrogen-bond acceptors (Lipinski definition) is 7. The van der Waals surface area contributed by atoms with Gasteiger partial charge >= 0.3 is 13.7 Å². The fourth-order valence-corrected chi connectivity index (χ4v) is 4.97. The maximum absolute atomic E-state index is 12.7. The Morgan fingerprint density at radius 2 is 1.77 bits per heavy atom. The quantitative estimate of drug-likeness (QED) is 0.156. The molecule has 1 aromatic rings. The van der Waals surface area contributed by atoms with Gasteiger partial charge in [-0.2, -0.15) is 0 Å². The van der Waals surface area contributed by atoms with E-state index in [1.807, 2.05) is 31.2 Å². The Kier molecular flexibility index (Phi) is 14.2. The number of unbranched alkanes of at least 4 members (excludes halogenated alkanes) is 1. The van der Waals surface area contributed by atoms with E-state index in [2.05, 4.69) is 16.0 Å². The Morgan fingerprint density at radius 1 is 1.09 bits per heavy atom. The molecule has 0 aliphatic heterocycles. The van der Waals surface area contributed by atoms with Crippen LogP contribution in [0, 0.1) is 6.92 Å². The minimum atomic E-state index is -3.48. The summed E-state index contributed by atoms with van der Waals surface area (Å²) < 4.78 is 22.6. The van der Waals surface area contributed by atoms with E-state index >= 15 is 0 Å². The lowest BCUT2D eigenvalue weighted by Crippen LogP contribution is -2.50. The van der Waals surface area contributed by atoms with E-state index < -0.39 is 37.6 Å². The number of aliphatic hydroxyl groups is 1. The van der Waals surface area contributed by atoms with Gasteiger partial charge in [-0.15, -0.1) is 0 Å². The second-order valence-electron chi connectivity index (χ2n) is 8.03. The number of hydrogen-bond donors (Lipinski definition) is 5. The zero-order valence-electron chi connectivity index (χ0n) is 20.6. The van der Waals surface area contributed by atoms with Crippen LogP contribution in [0.25, 0.3) is 0 Å². The molecule has 0 aliphatic carbocycles. The number of carbonyl (C=O) groups excluding carboxylic acids is 2. The lowest BCUT2D eigenvalue weighted by Gasteiger charge is -2.22. The third-order valence-electron chi connectivity index (χ3n) is 4.98. The molecule has 0 saturated heterocycles. The van der Waals surface area contributed by atoms with Crippen molar-refractivity contribution >= 4 is 25.5 Å². The van der Waals surface area contributed by atoms with E-state index in [0.717, 1.165) is 11.1 Å². The van der Waals surface area contributed by atoms with Crippen molar-refractivity contribution in [3.8, 4) is 0 Å². The minimum absolute atomic E-state index is 0.159. The van der Waals surface area contributed by atoms with Crippen LogP contribution in [0.3, 0.4) is 0 Å². The molecule has 1 rings (SSSR count). The summed E-state index contributed by atoms with van der Waals surface area (Å²) in [6.45, 7) is 5.55. The van der Waals surface area contributed by atoms with E-state index in [1.165, 1.54) is 0 Å². The maximum atomic E-state index is 12.7. The van der Waals surface area contributed by atoms with Crippen LogP contribution in [0.1, 0.15) is 44.2 Å². The molecule has 5 N–H and O–H groups in total. The predicted octanol–water partition coefficient (Wildman–Crippen LogP) is 2.20. The number of carboxylic acid groups (broad SMARTS) is 1. The van der Waals surface area contributed by atoms with E-state index in [4.69, 9.17) is 14.2 Å². The molecule has 1 unspecified atom stereocenters. The van der Waals surface area contributed by atoms with Gasteiger partial charge in [-0.3, -0.25) is 14.2 Å². The SMILES string of the molecule is CCOP(=O)(CC(=O)NCCCCC(NC(=O)O)C(=O)N[C@H](CO)Cc1cccc(C)c1)OCC. The van der Waals surface area contributed by atoms with Crippen molar-refractivity contribution in [2.45, 2.75) is 58.5 Å².